The van der Waals surface area contributed by atoms with Gasteiger partial charge in [0, 0.05) is 24.5 Å². The largest absolute Gasteiger partial charge is 0.365 e. The zero-order chi connectivity index (χ0) is 13.1. The van der Waals surface area contributed by atoms with E-state index >= 15 is 0 Å². The monoisotopic (exact) mass is 244 g/mol. The molecule has 2 N–H and O–H groups in total. The highest BCUT2D eigenvalue weighted by atomic mass is 16.1. The van der Waals surface area contributed by atoms with Crippen molar-refractivity contribution >= 4 is 5.91 Å². The van der Waals surface area contributed by atoms with Crippen molar-refractivity contribution < 1.29 is 4.79 Å². The molecule has 18 heavy (non-hydrogen) atoms. The van der Waals surface area contributed by atoms with Crippen LogP contribution in [0.2, 0.25) is 0 Å². The number of rotatable bonds is 4. The zero-order valence-electron chi connectivity index (χ0n) is 10.6. The van der Waals surface area contributed by atoms with Crippen molar-refractivity contribution in [2.24, 2.45) is 5.73 Å². The van der Waals surface area contributed by atoms with Crippen LogP contribution in [-0.4, -0.2) is 20.4 Å². The Hall–Kier alpha value is -2.17. The van der Waals surface area contributed by atoms with Gasteiger partial charge in [-0.3, -0.25) is 9.36 Å². The first-order chi connectivity index (χ1) is 8.63. The molecule has 0 aliphatic heterocycles. The van der Waals surface area contributed by atoms with E-state index in [0.717, 1.165) is 24.4 Å². The molecule has 2 heterocycles. The SMILES string of the molecule is CCCc1nccn1-c1nc(C)ccc1C(N)=O. The smallest absolute Gasteiger partial charge is 0.252 e. The van der Waals surface area contributed by atoms with E-state index in [2.05, 4.69) is 16.9 Å². The average molecular weight is 244 g/mol. The Morgan fingerprint density at radius 3 is 2.89 bits per heavy atom. The van der Waals surface area contributed by atoms with Gasteiger partial charge in [0.05, 0.1) is 5.56 Å². The van der Waals surface area contributed by atoms with Crippen LogP contribution in [0.25, 0.3) is 5.82 Å². The molecule has 0 unspecified atom stereocenters. The van der Waals surface area contributed by atoms with E-state index in [1.807, 2.05) is 11.5 Å². The summed E-state index contributed by atoms with van der Waals surface area (Å²) in [6.07, 6.45) is 5.33. The topological polar surface area (TPSA) is 73.8 Å². The highest BCUT2D eigenvalue weighted by Crippen LogP contribution is 2.15. The third-order valence-corrected chi connectivity index (χ3v) is 2.70. The average Bonchev–Trinajstić information content (AvgIpc) is 2.77. The van der Waals surface area contributed by atoms with Crippen LogP contribution in [0.1, 0.15) is 35.2 Å². The van der Waals surface area contributed by atoms with Crippen LogP contribution in [0.15, 0.2) is 24.5 Å². The van der Waals surface area contributed by atoms with Gasteiger partial charge in [0.1, 0.15) is 5.82 Å². The van der Waals surface area contributed by atoms with Crippen molar-refractivity contribution in [3.63, 3.8) is 0 Å². The summed E-state index contributed by atoms with van der Waals surface area (Å²) in [5.74, 6) is 0.968. The molecule has 5 nitrogen and oxygen atoms in total. The van der Waals surface area contributed by atoms with Crippen LogP contribution in [0.5, 0.6) is 0 Å². The van der Waals surface area contributed by atoms with Crippen LogP contribution in [-0.2, 0) is 6.42 Å². The molecule has 0 fully saturated rings. The Bertz CT molecular complexity index is 574. The number of hydrogen-bond acceptors (Lipinski definition) is 3. The second-order valence-electron chi connectivity index (χ2n) is 4.15. The highest BCUT2D eigenvalue weighted by Gasteiger charge is 2.14. The molecule has 1 amide bonds. The van der Waals surface area contributed by atoms with Crippen LogP contribution in [0.3, 0.4) is 0 Å². The molecule has 0 spiro atoms. The Morgan fingerprint density at radius 2 is 2.22 bits per heavy atom. The predicted molar refractivity (Wildman–Crippen MR) is 68.6 cm³/mol. The van der Waals surface area contributed by atoms with Gasteiger partial charge in [-0.1, -0.05) is 6.92 Å². The number of carbonyl (C=O) groups is 1. The number of hydrogen-bond donors (Lipinski definition) is 1. The van der Waals surface area contributed by atoms with Gasteiger partial charge in [0.25, 0.3) is 5.91 Å². The van der Waals surface area contributed by atoms with Crippen molar-refractivity contribution in [2.45, 2.75) is 26.7 Å². The highest BCUT2D eigenvalue weighted by molar-refractivity contribution is 5.95. The molecule has 0 bridgehead atoms. The van der Waals surface area contributed by atoms with Crippen molar-refractivity contribution in [2.75, 3.05) is 0 Å². The van der Waals surface area contributed by atoms with E-state index in [1.165, 1.54) is 0 Å². The van der Waals surface area contributed by atoms with Gasteiger partial charge in [-0.2, -0.15) is 0 Å². The first kappa shape index (κ1) is 12.3. The first-order valence-electron chi connectivity index (χ1n) is 5.93. The third kappa shape index (κ3) is 2.25. The van der Waals surface area contributed by atoms with Crippen molar-refractivity contribution in [3.05, 3.63) is 41.6 Å². The zero-order valence-corrected chi connectivity index (χ0v) is 10.6. The lowest BCUT2D eigenvalue weighted by atomic mass is 10.2. The number of aromatic nitrogens is 3. The maximum atomic E-state index is 11.4. The minimum Gasteiger partial charge on any atom is -0.365 e. The maximum Gasteiger partial charge on any atom is 0.252 e. The van der Waals surface area contributed by atoms with Crippen LogP contribution in [0.4, 0.5) is 0 Å². The summed E-state index contributed by atoms with van der Waals surface area (Å²) in [6, 6.07) is 3.48. The van der Waals surface area contributed by atoms with E-state index in [-0.39, 0.29) is 0 Å². The number of nitrogens with zero attached hydrogens (tertiary/aromatic N) is 3. The van der Waals surface area contributed by atoms with Crippen molar-refractivity contribution in [1.82, 2.24) is 14.5 Å². The summed E-state index contributed by atoms with van der Waals surface area (Å²) >= 11 is 0. The fourth-order valence-corrected chi connectivity index (χ4v) is 1.85. The number of primary amides is 1. The van der Waals surface area contributed by atoms with Gasteiger partial charge in [-0.05, 0) is 25.5 Å². The summed E-state index contributed by atoms with van der Waals surface area (Å²) in [4.78, 5) is 20.1. The van der Waals surface area contributed by atoms with Gasteiger partial charge < -0.3 is 5.73 Å². The van der Waals surface area contributed by atoms with Gasteiger partial charge in [-0.25, -0.2) is 9.97 Å². The van der Waals surface area contributed by atoms with E-state index in [0.29, 0.717) is 11.4 Å². The van der Waals surface area contributed by atoms with Gasteiger partial charge in [0.2, 0.25) is 0 Å². The summed E-state index contributed by atoms with van der Waals surface area (Å²) in [5.41, 5.74) is 6.63. The van der Waals surface area contributed by atoms with Crippen LogP contribution < -0.4 is 5.73 Å². The van der Waals surface area contributed by atoms with Crippen molar-refractivity contribution in [1.29, 1.82) is 0 Å². The number of pyridine rings is 1. The lowest BCUT2D eigenvalue weighted by Crippen LogP contribution is -2.17. The molecule has 2 aromatic heterocycles. The molecular weight excluding hydrogens is 228 g/mol. The summed E-state index contributed by atoms with van der Waals surface area (Å²) in [5, 5.41) is 0. The van der Waals surface area contributed by atoms with Gasteiger partial charge in [0.15, 0.2) is 5.82 Å². The Kier molecular flexibility index (Phi) is 3.41. The number of imidazole rings is 1. The van der Waals surface area contributed by atoms with Gasteiger partial charge in [-0.15, -0.1) is 0 Å². The molecule has 0 saturated carbocycles. The van der Waals surface area contributed by atoms with Crippen molar-refractivity contribution in [3.8, 4) is 5.82 Å². The third-order valence-electron chi connectivity index (χ3n) is 2.70. The maximum absolute atomic E-state index is 11.4. The Balaban J connectivity index is 2.58. The van der Waals surface area contributed by atoms with E-state index in [4.69, 9.17) is 5.73 Å². The van der Waals surface area contributed by atoms with Crippen LogP contribution in [0, 0.1) is 6.92 Å². The fourth-order valence-electron chi connectivity index (χ4n) is 1.85. The molecule has 0 aromatic carbocycles. The van der Waals surface area contributed by atoms with E-state index < -0.39 is 5.91 Å². The molecule has 2 aromatic rings. The normalized spacial score (nSPS) is 10.6. The predicted octanol–water partition coefficient (Wildman–Crippen LogP) is 1.63. The number of carbonyl (C=O) groups excluding carboxylic acids is 1. The van der Waals surface area contributed by atoms with Gasteiger partial charge >= 0.3 is 0 Å². The molecule has 0 atom stereocenters. The number of nitrogens with two attached hydrogens (primary N) is 1. The standard InChI is InChI=1S/C13H16N4O/c1-3-4-11-15-7-8-17(11)13-10(12(14)18)6-5-9(2)16-13/h5-8H,3-4H2,1-2H3,(H2,14,18). The molecule has 0 radical (unpaired) electrons. The first-order valence-corrected chi connectivity index (χ1v) is 5.93. The minimum atomic E-state index is -0.478. The molecule has 0 aliphatic carbocycles. The Labute approximate surface area is 106 Å². The van der Waals surface area contributed by atoms with Crippen LogP contribution >= 0.6 is 0 Å². The molecule has 0 saturated heterocycles. The molecule has 5 heteroatoms. The summed E-state index contributed by atoms with van der Waals surface area (Å²) in [6.45, 7) is 3.96. The quantitative estimate of drug-likeness (QED) is 0.888. The second-order valence-corrected chi connectivity index (χ2v) is 4.15. The lowest BCUT2D eigenvalue weighted by molar-refractivity contribution is 0.1000. The summed E-state index contributed by atoms with van der Waals surface area (Å²) < 4.78 is 1.83. The fraction of sp³-hybridized carbons (Fsp3) is 0.308. The minimum absolute atomic E-state index is 0.413. The number of amides is 1. The molecular formula is C13H16N4O. The lowest BCUT2D eigenvalue weighted by Gasteiger charge is -2.10. The molecule has 0 aliphatic rings. The number of aryl methyl sites for hydroxylation is 2. The Morgan fingerprint density at radius 1 is 1.44 bits per heavy atom. The summed E-state index contributed by atoms with van der Waals surface area (Å²) in [7, 11) is 0. The van der Waals surface area contributed by atoms with E-state index in [9.17, 15) is 4.79 Å². The molecule has 2 rings (SSSR count). The molecule has 94 valence electrons. The second kappa shape index (κ2) is 5.00. The van der Waals surface area contributed by atoms with E-state index in [1.54, 1.807) is 24.5 Å².